The van der Waals surface area contributed by atoms with Gasteiger partial charge in [0.25, 0.3) is 0 Å². The fourth-order valence-electron chi connectivity index (χ4n) is 1.08. The third-order valence-corrected chi connectivity index (χ3v) is 2.17. The summed E-state index contributed by atoms with van der Waals surface area (Å²) in [5.74, 6) is 7.09. The molecule has 0 amide bonds. The highest BCUT2D eigenvalue weighted by molar-refractivity contribution is 5.26. The highest BCUT2D eigenvalue weighted by Gasteiger charge is 2.43. The standard InChI is InChI=1S/C10H17N/c1-9(2)5-6-10(7-8-10)11(3)4/h9H,7-8H2,1-4H3. The van der Waals surface area contributed by atoms with Gasteiger partial charge in [-0.05, 0) is 26.9 Å². The van der Waals surface area contributed by atoms with Crippen LogP contribution in [0.25, 0.3) is 0 Å². The van der Waals surface area contributed by atoms with Crippen molar-refractivity contribution in [2.45, 2.75) is 32.2 Å². The van der Waals surface area contributed by atoms with Crippen LogP contribution >= 0.6 is 0 Å². The van der Waals surface area contributed by atoms with Gasteiger partial charge in [0.2, 0.25) is 0 Å². The number of hydrogen-bond acceptors (Lipinski definition) is 1. The zero-order valence-corrected chi connectivity index (χ0v) is 7.94. The van der Waals surface area contributed by atoms with Crippen LogP contribution in [0.3, 0.4) is 0 Å². The van der Waals surface area contributed by atoms with E-state index in [0.717, 1.165) is 0 Å². The molecule has 1 fully saturated rings. The van der Waals surface area contributed by atoms with Crippen LogP contribution in [0.15, 0.2) is 0 Å². The van der Waals surface area contributed by atoms with Gasteiger partial charge in [-0.1, -0.05) is 25.7 Å². The molecule has 0 aromatic heterocycles. The third kappa shape index (κ3) is 1.97. The third-order valence-electron chi connectivity index (χ3n) is 2.17. The smallest absolute Gasteiger partial charge is 0.0822 e. The van der Waals surface area contributed by atoms with Crippen molar-refractivity contribution in [2.75, 3.05) is 14.1 Å². The lowest BCUT2D eigenvalue weighted by Crippen LogP contribution is -2.28. The van der Waals surface area contributed by atoms with Crippen molar-refractivity contribution in [3.8, 4) is 11.8 Å². The molecule has 0 aliphatic heterocycles. The summed E-state index contributed by atoms with van der Waals surface area (Å²) in [6, 6.07) is 0. The predicted octanol–water partition coefficient (Wildman–Crippen LogP) is 1.74. The molecular formula is C10H17N. The number of rotatable bonds is 1. The predicted molar refractivity (Wildman–Crippen MR) is 48.3 cm³/mol. The van der Waals surface area contributed by atoms with Crippen molar-refractivity contribution in [3.05, 3.63) is 0 Å². The molecular weight excluding hydrogens is 134 g/mol. The van der Waals surface area contributed by atoms with E-state index >= 15 is 0 Å². The first-order valence-electron chi connectivity index (χ1n) is 4.27. The summed E-state index contributed by atoms with van der Waals surface area (Å²) in [5, 5.41) is 0. The zero-order valence-electron chi connectivity index (χ0n) is 7.94. The normalized spacial score (nSPS) is 19.8. The van der Waals surface area contributed by atoms with Crippen molar-refractivity contribution in [1.82, 2.24) is 4.90 Å². The fourth-order valence-corrected chi connectivity index (χ4v) is 1.08. The van der Waals surface area contributed by atoms with Gasteiger partial charge in [0, 0.05) is 5.92 Å². The molecule has 11 heavy (non-hydrogen) atoms. The molecule has 1 rings (SSSR count). The van der Waals surface area contributed by atoms with E-state index in [4.69, 9.17) is 0 Å². The van der Waals surface area contributed by atoms with Gasteiger partial charge in [-0.2, -0.15) is 0 Å². The van der Waals surface area contributed by atoms with E-state index in [1.165, 1.54) is 12.8 Å². The molecule has 0 aromatic rings. The molecule has 1 aliphatic rings. The summed E-state index contributed by atoms with van der Waals surface area (Å²) in [7, 11) is 4.23. The van der Waals surface area contributed by atoms with Crippen LogP contribution in [-0.2, 0) is 0 Å². The zero-order chi connectivity index (χ0) is 8.48. The molecule has 0 bridgehead atoms. The monoisotopic (exact) mass is 151 g/mol. The molecule has 1 heteroatoms. The van der Waals surface area contributed by atoms with Gasteiger partial charge in [-0.25, -0.2) is 0 Å². The van der Waals surface area contributed by atoms with E-state index in [0.29, 0.717) is 5.92 Å². The second-order valence-corrected chi connectivity index (χ2v) is 3.85. The first-order chi connectivity index (χ1) is 5.07. The van der Waals surface area contributed by atoms with E-state index in [2.05, 4.69) is 44.7 Å². The quantitative estimate of drug-likeness (QED) is 0.516. The maximum Gasteiger partial charge on any atom is 0.0822 e. The molecule has 0 unspecified atom stereocenters. The van der Waals surface area contributed by atoms with Gasteiger partial charge in [0.1, 0.15) is 0 Å². The first-order valence-corrected chi connectivity index (χ1v) is 4.27. The maximum atomic E-state index is 3.34. The molecule has 0 aromatic carbocycles. The lowest BCUT2D eigenvalue weighted by molar-refractivity contribution is 0.335. The maximum absolute atomic E-state index is 3.34. The summed E-state index contributed by atoms with van der Waals surface area (Å²) in [6.07, 6.45) is 2.50. The molecule has 1 saturated carbocycles. The minimum absolute atomic E-state index is 0.254. The van der Waals surface area contributed by atoms with Gasteiger partial charge in [-0.15, -0.1) is 0 Å². The topological polar surface area (TPSA) is 3.24 Å². The van der Waals surface area contributed by atoms with Crippen molar-refractivity contribution < 1.29 is 0 Å². The second kappa shape index (κ2) is 2.87. The molecule has 0 spiro atoms. The van der Waals surface area contributed by atoms with Gasteiger partial charge in [0.05, 0.1) is 5.54 Å². The number of nitrogens with zero attached hydrogens (tertiary/aromatic N) is 1. The Morgan fingerprint density at radius 2 is 1.82 bits per heavy atom. The van der Waals surface area contributed by atoms with E-state index < -0.39 is 0 Å². The van der Waals surface area contributed by atoms with Crippen molar-refractivity contribution in [2.24, 2.45) is 5.92 Å². The van der Waals surface area contributed by atoms with Gasteiger partial charge < -0.3 is 0 Å². The van der Waals surface area contributed by atoms with Crippen LogP contribution in [0.2, 0.25) is 0 Å². The Morgan fingerprint density at radius 3 is 2.09 bits per heavy atom. The summed E-state index contributed by atoms with van der Waals surface area (Å²) < 4.78 is 0. The van der Waals surface area contributed by atoms with E-state index in [9.17, 15) is 0 Å². The molecule has 0 radical (unpaired) electrons. The van der Waals surface area contributed by atoms with Crippen molar-refractivity contribution in [1.29, 1.82) is 0 Å². The summed E-state index contributed by atoms with van der Waals surface area (Å²) in [5.41, 5.74) is 0.254. The van der Waals surface area contributed by atoms with Gasteiger partial charge in [-0.3, -0.25) is 4.90 Å². The molecule has 0 heterocycles. The van der Waals surface area contributed by atoms with Crippen molar-refractivity contribution >= 4 is 0 Å². The minimum Gasteiger partial charge on any atom is -0.293 e. The minimum atomic E-state index is 0.254. The van der Waals surface area contributed by atoms with Gasteiger partial charge >= 0.3 is 0 Å². The van der Waals surface area contributed by atoms with Crippen LogP contribution in [0.4, 0.5) is 0 Å². The average molecular weight is 151 g/mol. The van der Waals surface area contributed by atoms with E-state index in [1.54, 1.807) is 0 Å². The Morgan fingerprint density at radius 1 is 1.27 bits per heavy atom. The summed E-state index contributed by atoms with van der Waals surface area (Å²) >= 11 is 0. The van der Waals surface area contributed by atoms with E-state index in [1.807, 2.05) is 0 Å². The SMILES string of the molecule is CC(C)C#CC1(N(C)C)CC1. The fraction of sp³-hybridized carbons (Fsp3) is 0.800. The van der Waals surface area contributed by atoms with Crippen LogP contribution in [0.1, 0.15) is 26.7 Å². The lowest BCUT2D eigenvalue weighted by Gasteiger charge is -2.16. The average Bonchev–Trinajstić information content (AvgIpc) is 2.63. The Bertz CT molecular complexity index is 189. The molecule has 0 saturated heterocycles. The van der Waals surface area contributed by atoms with Crippen molar-refractivity contribution in [3.63, 3.8) is 0 Å². The molecule has 1 nitrogen and oxygen atoms in total. The Balaban J connectivity index is 2.56. The van der Waals surface area contributed by atoms with Crippen LogP contribution in [-0.4, -0.2) is 24.5 Å². The molecule has 0 N–H and O–H groups in total. The second-order valence-electron chi connectivity index (χ2n) is 3.85. The lowest BCUT2D eigenvalue weighted by atomic mass is 10.2. The van der Waals surface area contributed by atoms with Crippen LogP contribution in [0, 0.1) is 17.8 Å². The molecule has 62 valence electrons. The Labute approximate surface area is 69.8 Å². The Kier molecular flexibility index (Phi) is 2.25. The Hall–Kier alpha value is -0.480. The summed E-state index contributed by atoms with van der Waals surface area (Å²) in [6.45, 7) is 4.28. The highest BCUT2D eigenvalue weighted by atomic mass is 15.2. The van der Waals surface area contributed by atoms with Crippen LogP contribution in [0.5, 0.6) is 0 Å². The largest absolute Gasteiger partial charge is 0.293 e. The first kappa shape index (κ1) is 8.62. The molecule has 0 atom stereocenters. The highest BCUT2D eigenvalue weighted by Crippen LogP contribution is 2.39. The van der Waals surface area contributed by atoms with Gasteiger partial charge in [0.15, 0.2) is 0 Å². The number of hydrogen-bond donors (Lipinski definition) is 0. The van der Waals surface area contributed by atoms with E-state index in [-0.39, 0.29) is 5.54 Å². The summed E-state index contributed by atoms with van der Waals surface area (Å²) in [4.78, 5) is 2.24. The molecule has 1 aliphatic carbocycles. The van der Waals surface area contributed by atoms with Crippen LogP contribution < -0.4 is 0 Å².